The highest BCUT2D eigenvalue weighted by Crippen LogP contribution is 2.25. The van der Waals surface area contributed by atoms with Crippen LogP contribution in [-0.2, 0) is 0 Å². The van der Waals surface area contributed by atoms with Gasteiger partial charge in [-0.05, 0) is 19.1 Å². The SMILES string of the molecule is Cc1nc(-c2ccccc2)nc2c1nc(C(C)C)n2Nc1ccccc1. The molecule has 0 saturated heterocycles. The molecule has 0 spiro atoms. The molecule has 0 atom stereocenters. The molecule has 4 aromatic rings. The van der Waals surface area contributed by atoms with Crippen molar-refractivity contribution < 1.29 is 0 Å². The highest BCUT2D eigenvalue weighted by molar-refractivity contribution is 5.77. The lowest BCUT2D eigenvalue weighted by molar-refractivity contribution is 0.734. The predicted molar refractivity (Wildman–Crippen MR) is 105 cm³/mol. The Bertz CT molecular complexity index is 1040. The van der Waals surface area contributed by atoms with E-state index in [-0.39, 0.29) is 5.92 Å². The van der Waals surface area contributed by atoms with Gasteiger partial charge in [0.1, 0.15) is 11.3 Å². The van der Waals surface area contributed by atoms with Crippen LogP contribution in [0.3, 0.4) is 0 Å². The van der Waals surface area contributed by atoms with E-state index in [4.69, 9.17) is 9.97 Å². The number of aryl methyl sites for hydroxylation is 1. The number of imidazole rings is 1. The van der Waals surface area contributed by atoms with Crippen molar-refractivity contribution in [1.82, 2.24) is 19.6 Å². The second kappa shape index (κ2) is 6.59. The van der Waals surface area contributed by atoms with Crippen LogP contribution >= 0.6 is 0 Å². The lowest BCUT2D eigenvalue weighted by atomic mass is 10.2. The molecule has 0 saturated carbocycles. The molecular weight excluding hydrogens is 322 g/mol. The van der Waals surface area contributed by atoms with Gasteiger partial charge in [0, 0.05) is 11.5 Å². The van der Waals surface area contributed by atoms with E-state index < -0.39 is 0 Å². The summed E-state index contributed by atoms with van der Waals surface area (Å²) in [5.41, 5.74) is 7.94. The maximum atomic E-state index is 4.83. The van der Waals surface area contributed by atoms with E-state index in [2.05, 4.69) is 24.3 Å². The number of hydrogen-bond donors (Lipinski definition) is 1. The quantitative estimate of drug-likeness (QED) is 0.578. The summed E-state index contributed by atoms with van der Waals surface area (Å²) in [6, 6.07) is 20.1. The zero-order valence-electron chi connectivity index (χ0n) is 15.1. The molecule has 2 aromatic carbocycles. The second-order valence-corrected chi connectivity index (χ2v) is 6.61. The molecule has 5 heteroatoms. The molecule has 0 aliphatic heterocycles. The number of nitrogens with zero attached hydrogens (tertiary/aromatic N) is 4. The van der Waals surface area contributed by atoms with E-state index >= 15 is 0 Å². The Kier molecular flexibility index (Phi) is 4.13. The van der Waals surface area contributed by atoms with Crippen LogP contribution in [0.5, 0.6) is 0 Å². The second-order valence-electron chi connectivity index (χ2n) is 6.61. The predicted octanol–water partition coefficient (Wildman–Crippen LogP) is 4.80. The first-order valence-electron chi connectivity index (χ1n) is 8.78. The van der Waals surface area contributed by atoms with E-state index in [1.54, 1.807) is 0 Å². The van der Waals surface area contributed by atoms with Crippen LogP contribution in [0.2, 0.25) is 0 Å². The van der Waals surface area contributed by atoms with Gasteiger partial charge in [-0.2, -0.15) is 0 Å². The van der Waals surface area contributed by atoms with Gasteiger partial charge in [-0.1, -0.05) is 62.4 Å². The Labute approximate surface area is 152 Å². The van der Waals surface area contributed by atoms with Crippen LogP contribution in [0.25, 0.3) is 22.6 Å². The minimum absolute atomic E-state index is 0.250. The number of rotatable bonds is 4. The fourth-order valence-electron chi connectivity index (χ4n) is 2.97. The van der Waals surface area contributed by atoms with Crippen molar-refractivity contribution in [1.29, 1.82) is 0 Å². The normalized spacial score (nSPS) is 11.2. The molecule has 0 amide bonds. The van der Waals surface area contributed by atoms with Gasteiger partial charge in [-0.25, -0.2) is 19.6 Å². The van der Waals surface area contributed by atoms with Crippen LogP contribution < -0.4 is 5.43 Å². The Morgan fingerprint density at radius 2 is 1.50 bits per heavy atom. The maximum Gasteiger partial charge on any atom is 0.183 e. The van der Waals surface area contributed by atoms with Crippen LogP contribution in [0.4, 0.5) is 5.69 Å². The molecule has 130 valence electrons. The van der Waals surface area contributed by atoms with Gasteiger partial charge >= 0.3 is 0 Å². The van der Waals surface area contributed by atoms with E-state index in [0.29, 0.717) is 5.82 Å². The molecule has 26 heavy (non-hydrogen) atoms. The molecule has 4 rings (SSSR count). The minimum atomic E-state index is 0.250. The summed E-state index contributed by atoms with van der Waals surface area (Å²) in [5, 5.41) is 0. The first-order valence-corrected chi connectivity index (χ1v) is 8.78. The molecule has 2 aromatic heterocycles. The fraction of sp³-hybridized carbons (Fsp3) is 0.190. The molecule has 0 fully saturated rings. The highest BCUT2D eigenvalue weighted by atomic mass is 15.5. The first kappa shape index (κ1) is 16.3. The molecule has 0 radical (unpaired) electrons. The summed E-state index contributed by atoms with van der Waals surface area (Å²) in [6.45, 7) is 6.25. The van der Waals surface area contributed by atoms with E-state index in [1.165, 1.54) is 0 Å². The standard InChI is InChI=1S/C21H21N5/c1-14(2)20-23-18-15(3)22-19(16-10-6-4-7-11-16)24-21(18)26(20)25-17-12-8-5-9-13-17/h4-14,25H,1-3H3. The summed E-state index contributed by atoms with van der Waals surface area (Å²) in [7, 11) is 0. The smallest absolute Gasteiger partial charge is 0.183 e. The summed E-state index contributed by atoms with van der Waals surface area (Å²) in [4.78, 5) is 14.3. The first-order chi connectivity index (χ1) is 12.6. The third-order valence-electron chi connectivity index (χ3n) is 4.27. The lowest BCUT2D eigenvalue weighted by Crippen LogP contribution is -2.14. The monoisotopic (exact) mass is 343 g/mol. The molecule has 0 unspecified atom stereocenters. The lowest BCUT2D eigenvalue weighted by Gasteiger charge is -2.13. The van der Waals surface area contributed by atoms with Crippen molar-refractivity contribution in [3.8, 4) is 11.4 Å². The third kappa shape index (κ3) is 2.92. The summed E-state index contributed by atoms with van der Waals surface area (Å²) in [5.74, 6) is 1.90. The maximum absolute atomic E-state index is 4.83. The van der Waals surface area contributed by atoms with E-state index in [1.807, 2.05) is 72.3 Å². The van der Waals surface area contributed by atoms with Crippen molar-refractivity contribution in [2.45, 2.75) is 26.7 Å². The molecule has 2 heterocycles. The molecule has 1 N–H and O–H groups in total. The van der Waals surface area contributed by atoms with Gasteiger partial charge in [-0.3, -0.25) is 5.43 Å². The fourth-order valence-corrected chi connectivity index (χ4v) is 2.97. The van der Waals surface area contributed by atoms with Crippen molar-refractivity contribution in [2.75, 3.05) is 5.43 Å². The summed E-state index contributed by atoms with van der Waals surface area (Å²) in [6.07, 6.45) is 0. The number of anilines is 1. The number of aromatic nitrogens is 4. The van der Waals surface area contributed by atoms with Crippen LogP contribution in [-0.4, -0.2) is 19.6 Å². The summed E-state index contributed by atoms with van der Waals surface area (Å²) < 4.78 is 1.98. The van der Waals surface area contributed by atoms with Gasteiger partial charge in [0.05, 0.1) is 11.4 Å². The molecular formula is C21H21N5. The Hall–Kier alpha value is -3.21. The Balaban J connectivity index is 1.92. The number of para-hydroxylation sites is 1. The van der Waals surface area contributed by atoms with Crippen molar-refractivity contribution >= 4 is 16.9 Å². The largest absolute Gasteiger partial charge is 0.291 e. The minimum Gasteiger partial charge on any atom is -0.291 e. The third-order valence-corrected chi connectivity index (χ3v) is 4.27. The van der Waals surface area contributed by atoms with Crippen LogP contribution in [0, 0.1) is 6.92 Å². The van der Waals surface area contributed by atoms with Gasteiger partial charge in [0.15, 0.2) is 11.5 Å². The molecule has 0 aliphatic carbocycles. The number of fused-ring (bicyclic) bond motifs is 1. The van der Waals surface area contributed by atoms with Gasteiger partial charge in [0.25, 0.3) is 0 Å². The van der Waals surface area contributed by atoms with Gasteiger partial charge in [0.2, 0.25) is 0 Å². The van der Waals surface area contributed by atoms with Crippen molar-refractivity contribution in [3.05, 3.63) is 72.2 Å². The Morgan fingerprint density at radius 1 is 0.846 bits per heavy atom. The topological polar surface area (TPSA) is 55.6 Å². The number of hydrogen-bond acceptors (Lipinski definition) is 4. The zero-order valence-corrected chi connectivity index (χ0v) is 15.1. The van der Waals surface area contributed by atoms with Crippen molar-refractivity contribution in [2.24, 2.45) is 0 Å². The van der Waals surface area contributed by atoms with Gasteiger partial charge in [-0.15, -0.1) is 0 Å². The average Bonchev–Trinajstić information content (AvgIpc) is 3.03. The van der Waals surface area contributed by atoms with Gasteiger partial charge < -0.3 is 0 Å². The zero-order chi connectivity index (χ0) is 18.1. The highest BCUT2D eigenvalue weighted by Gasteiger charge is 2.19. The van der Waals surface area contributed by atoms with E-state index in [9.17, 15) is 0 Å². The Morgan fingerprint density at radius 3 is 2.15 bits per heavy atom. The summed E-state index contributed by atoms with van der Waals surface area (Å²) >= 11 is 0. The molecule has 5 nitrogen and oxygen atoms in total. The number of benzene rings is 2. The van der Waals surface area contributed by atoms with Crippen LogP contribution in [0.1, 0.15) is 31.3 Å². The van der Waals surface area contributed by atoms with Crippen LogP contribution in [0.15, 0.2) is 60.7 Å². The average molecular weight is 343 g/mol. The molecule has 0 aliphatic rings. The molecule has 0 bridgehead atoms. The van der Waals surface area contributed by atoms with E-state index in [0.717, 1.165) is 33.9 Å². The van der Waals surface area contributed by atoms with Crippen molar-refractivity contribution in [3.63, 3.8) is 0 Å². The number of nitrogens with one attached hydrogen (secondary N) is 1.